The molecule has 0 bridgehead atoms. The maximum atomic E-state index is 11.1. The van der Waals surface area contributed by atoms with Crippen molar-refractivity contribution in [1.29, 1.82) is 5.26 Å². The van der Waals surface area contributed by atoms with Crippen molar-refractivity contribution in [2.75, 3.05) is 18.6 Å². The molecule has 0 aromatic carbocycles. The summed E-state index contributed by atoms with van der Waals surface area (Å²) in [6.07, 6.45) is 0. The highest BCUT2D eigenvalue weighted by Crippen LogP contribution is 2.31. The van der Waals surface area contributed by atoms with Gasteiger partial charge in [-0.1, -0.05) is 0 Å². The Morgan fingerprint density at radius 1 is 1.58 bits per heavy atom. The van der Waals surface area contributed by atoms with Gasteiger partial charge < -0.3 is 4.74 Å². The molecule has 1 fully saturated rings. The summed E-state index contributed by atoms with van der Waals surface area (Å²) < 4.78 is 4.60. The molecule has 0 aromatic heterocycles. The van der Waals surface area contributed by atoms with E-state index in [4.69, 9.17) is 5.26 Å². The van der Waals surface area contributed by atoms with Gasteiger partial charge in [-0.15, -0.1) is 23.5 Å². The fraction of sp³-hybridized carbons (Fsp3) is 0.714. The van der Waals surface area contributed by atoms with Gasteiger partial charge in [-0.2, -0.15) is 5.26 Å². The normalized spacial score (nSPS) is 29.0. The molecule has 66 valence electrons. The van der Waals surface area contributed by atoms with E-state index in [1.54, 1.807) is 0 Å². The van der Waals surface area contributed by atoms with E-state index >= 15 is 0 Å². The largest absolute Gasteiger partial charge is 0.468 e. The lowest BCUT2D eigenvalue weighted by molar-refractivity contribution is -0.139. The van der Waals surface area contributed by atoms with Crippen LogP contribution < -0.4 is 0 Å². The van der Waals surface area contributed by atoms with Crippen LogP contribution in [0.3, 0.4) is 0 Å². The van der Waals surface area contributed by atoms with E-state index in [2.05, 4.69) is 10.8 Å². The van der Waals surface area contributed by atoms with Gasteiger partial charge in [0, 0.05) is 11.5 Å². The number of carbonyl (C=O) groups is 1. The lowest BCUT2D eigenvalue weighted by Gasteiger charge is -2.23. The van der Waals surface area contributed by atoms with E-state index in [0.29, 0.717) is 0 Å². The molecule has 5 heteroatoms. The average Bonchev–Trinajstić information content (AvgIpc) is 2.16. The van der Waals surface area contributed by atoms with Crippen molar-refractivity contribution in [3.8, 4) is 6.07 Å². The van der Waals surface area contributed by atoms with Gasteiger partial charge in [0.05, 0.1) is 13.2 Å². The number of esters is 1. The molecule has 0 unspecified atom stereocenters. The van der Waals surface area contributed by atoms with E-state index in [9.17, 15) is 4.79 Å². The van der Waals surface area contributed by atoms with Gasteiger partial charge in [-0.3, -0.25) is 4.79 Å². The van der Waals surface area contributed by atoms with Crippen LogP contribution in [0.25, 0.3) is 0 Å². The Hall–Kier alpha value is -0.340. The zero-order chi connectivity index (χ0) is 8.97. The monoisotopic (exact) mass is 203 g/mol. The molecule has 1 saturated heterocycles. The van der Waals surface area contributed by atoms with E-state index in [0.717, 1.165) is 11.5 Å². The number of hydrogen-bond donors (Lipinski definition) is 0. The van der Waals surface area contributed by atoms with Gasteiger partial charge in [-0.25, -0.2) is 0 Å². The predicted octanol–water partition coefficient (Wildman–Crippen LogP) is 0.900. The molecule has 0 radical (unpaired) electrons. The maximum absolute atomic E-state index is 11.1. The van der Waals surface area contributed by atoms with Gasteiger partial charge in [-0.05, 0) is 0 Å². The minimum absolute atomic E-state index is 0.240. The van der Waals surface area contributed by atoms with Crippen LogP contribution in [0.4, 0.5) is 0 Å². The summed E-state index contributed by atoms with van der Waals surface area (Å²) in [4.78, 5) is 11.1. The molecule has 12 heavy (non-hydrogen) atoms. The van der Waals surface area contributed by atoms with Crippen molar-refractivity contribution in [2.45, 2.75) is 10.5 Å². The molecule has 0 saturated carbocycles. The summed E-state index contributed by atoms with van der Waals surface area (Å²) in [5.74, 6) is 1.58. The number of ether oxygens (including phenoxy) is 1. The third-order valence-electron chi connectivity index (χ3n) is 1.51. The molecule has 0 spiro atoms. The Balaban J connectivity index is 2.60. The van der Waals surface area contributed by atoms with Crippen LogP contribution in [0.2, 0.25) is 0 Å². The molecule has 3 nitrogen and oxygen atoms in total. The average molecular weight is 203 g/mol. The van der Waals surface area contributed by atoms with Gasteiger partial charge in [0.25, 0.3) is 0 Å². The number of rotatable bonds is 1. The van der Waals surface area contributed by atoms with Crippen molar-refractivity contribution >= 4 is 29.5 Å². The van der Waals surface area contributed by atoms with Crippen LogP contribution in [-0.2, 0) is 9.53 Å². The van der Waals surface area contributed by atoms with Crippen LogP contribution in [0.15, 0.2) is 0 Å². The highest BCUT2D eigenvalue weighted by Gasteiger charge is 2.32. The summed E-state index contributed by atoms with van der Waals surface area (Å²) in [5.41, 5.74) is 0. The highest BCUT2D eigenvalue weighted by molar-refractivity contribution is 8.07. The van der Waals surface area contributed by atoms with Crippen LogP contribution in [0, 0.1) is 11.3 Å². The fourth-order valence-corrected chi connectivity index (χ4v) is 3.52. The lowest BCUT2D eigenvalue weighted by atomic mass is 10.3. The molecule has 0 amide bonds. The van der Waals surface area contributed by atoms with Crippen molar-refractivity contribution in [2.24, 2.45) is 0 Å². The minimum Gasteiger partial charge on any atom is -0.468 e. The summed E-state index contributed by atoms with van der Waals surface area (Å²) in [7, 11) is 1.36. The second-order valence-electron chi connectivity index (χ2n) is 2.24. The molecule has 1 heterocycles. The molecular weight excluding hydrogens is 194 g/mol. The Morgan fingerprint density at radius 3 is 2.83 bits per heavy atom. The maximum Gasteiger partial charge on any atom is 0.321 e. The van der Waals surface area contributed by atoms with Crippen molar-refractivity contribution < 1.29 is 9.53 Å². The standard InChI is InChI=1S/C7H9NO2S2/c1-10-7(9)6-5(4-8)11-2-3-12-6/h5-6H,2-3H2,1H3/t5-,6+/m0/s1. The van der Waals surface area contributed by atoms with E-state index in [1.807, 2.05) is 0 Å². The van der Waals surface area contributed by atoms with Crippen molar-refractivity contribution in [1.82, 2.24) is 0 Å². The Kier molecular flexibility index (Phi) is 3.76. The Morgan fingerprint density at radius 2 is 2.25 bits per heavy atom. The first-order valence-electron chi connectivity index (χ1n) is 3.50. The molecule has 0 N–H and O–H groups in total. The topological polar surface area (TPSA) is 50.1 Å². The summed E-state index contributed by atoms with van der Waals surface area (Å²) in [5, 5.41) is 8.18. The van der Waals surface area contributed by atoms with Gasteiger partial charge in [0.2, 0.25) is 0 Å². The predicted molar refractivity (Wildman–Crippen MR) is 50.1 cm³/mol. The zero-order valence-corrected chi connectivity index (χ0v) is 8.28. The Bertz CT molecular complexity index is 214. The smallest absolute Gasteiger partial charge is 0.321 e. The number of methoxy groups -OCH3 is 1. The number of nitriles is 1. The highest BCUT2D eigenvalue weighted by atomic mass is 32.2. The molecule has 0 aromatic rings. The summed E-state index contributed by atoms with van der Waals surface area (Å²) >= 11 is 3.04. The Labute approximate surface area is 79.8 Å². The van der Waals surface area contributed by atoms with Crippen LogP contribution in [0.1, 0.15) is 0 Å². The first kappa shape index (κ1) is 9.75. The molecule has 0 aliphatic carbocycles. The van der Waals surface area contributed by atoms with Gasteiger partial charge in [0.15, 0.2) is 0 Å². The van der Waals surface area contributed by atoms with E-state index < -0.39 is 0 Å². The fourth-order valence-electron chi connectivity index (χ4n) is 0.938. The first-order valence-corrected chi connectivity index (χ1v) is 5.60. The lowest BCUT2D eigenvalue weighted by Crippen LogP contribution is -2.32. The third kappa shape index (κ3) is 2.08. The second kappa shape index (κ2) is 4.63. The SMILES string of the molecule is COC(=O)[C@@H]1SCCS[C@H]1C#N. The number of carbonyl (C=O) groups excluding carboxylic acids is 1. The number of thioether (sulfide) groups is 2. The van der Waals surface area contributed by atoms with Crippen molar-refractivity contribution in [3.63, 3.8) is 0 Å². The summed E-state index contributed by atoms with van der Waals surface area (Å²) in [6, 6.07) is 2.11. The second-order valence-corrected chi connectivity index (χ2v) is 4.73. The molecule has 2 atom stereocenters. The van der Waals surface area contributed by atoms with Crippen molar-refractivity contribution in [3.05, 3.63) is 0 Å². The van der Waals surface area contributed by atoms with Crippen LogP contribution in [-0.4, -0.2) is 35.1 Å². The molecular formula is C7H9NO2S2. The first-order chi connectivity index (χ1) is 5.79. The van der Waals surface area contributed by atoms with E-state index in [-0.39, 0.29) is 16.5 Å². The number of nitrogens with zero attached hydrogens (tertiary/aromatic N) is 1. The van der Waals surface area contributed by atoms with Gasteiger partial charge >= 0.3 is 5.97 Å². The molecule has 1 aliphatic rings. The molecule has 1 aliphatic heterocycles. The minimum atomic E-state index is -0.293. The quantitative estimate of drug-likeness (QED) is 0.593. The zero-order valence-electron chi connectivity index (χ0n) is 6.65. The van der Waals surface area contributed by atoms with Gasteiger partial charge in [0.1, 0.15) is 10.5 Å². The third-order valence-corrected chi connectivity index (χ3v) is 4.38. The van der Waals surface area contributed by atoms with Crippen LogP contribution in [0.5, 0.6) is 0 Å². The van der Waals surface area contributed by atoms with E-state index in [1.165, 1.54) is 30.6 Å². The number of hydrogen-bond acceptors (Lipinski definition) is 5. The molecule has 1 rings (SSSR count). The van der Waals surface area contributed by atoms with Crippen LogP contribution >= 0.6 is 23.5 Å². The summed E-state index contributed by atoms with van der Waals surface area (Å²) in [6.45, 7) is 0.